The molecule has 17 heavy (non-hydrogen) atoms. The first-order valence-electron chi connectivity index (χ1n) is 5.99. The number of carbonyl (C=O) groups is 2. The Morgan fingerprint density at radius 1 is 1.41 bits per heavy atom. The van der Waals surface area contributed by atoms with Gasteiger partial charge in [-0.15, -0.1) is 0 Å². The molecule has 0 radical (unpaired) electrons. The fourth-order valence-corrected chi connectivity index (χ4v) is 2.14. The number of amides is 2. The zero-order chi connectivity index (χ0) is 12.4. The molecule has 94 valence electrons. The van der Waals surface area contributed by atoms with Crippen molar-refractivity contribution in [1.82, 2.24) is 15.6 Å². The molecule has 0 bridgehead atoms. The van der Waals surface area contributed by atoms with Crippen LogP contribution in [0.25, 0.3) is 0 Å². The number of hydrazone groups is 1. The van der Waals surface area contributed by atoms with E-state index in [9.17, 15) is 9.59 Å². The molecule has 2 heterocycles. The average Bonchev–Trinajstić information content (AvgIpc) is 2.33. The van der Waals surface area contributed by atoms with Crippen molar-refractivity contribution in [3.05, 3.63) is 0 Å². The van der Waals surface area contributed by atoms with Crippen LogP contribution in [0.2, 0.25) is 0 Å². The fourth-order valence-electron chi connectivity index (χ4n) is 2.14. The van der Waals surface area contributed by atoms with E-state index in [-0.39, 0.29) is 23.9 Å². The van der Waals surface area contributed by atoms with E-state index in [2.05, 4.69) is 22.8 Å². The Labute approximate surface area is 100 Å². The number of nitrogens with zero attached hydrogens (tertiary/aromatic N) is 2. The number of nitrogens with one attached hydrogen (secondary N) is 2. The molecule has 2 atom stereocenters. The van der Waals surface area contributed by atoms with Crippen LogP contribution >= 0.6 is 0 Å². The summed E-state index contributed by atoms with van der Waals surface area (Å²) in [6, 6.07) is 0.433. The van der Waals surface area contributed by atoms with Gasteiger partial charge in [0, 0.05) is 38.0 Å². The monoisotopic (exact) mass is 238 g/mol. The van der Waals surface area contributed by atoms with E-state index in [0.717, 1.165) is 6.54 Å². The quantitative estimate of drug-likeness (QED) is 0.644. The fraction of sp³-hybridized carbons (Fsp3) is 0.727. The van der Waals surface area contributed by atoms with Crippen molar-refractivity contribution in [3.63, 3.8) is 0 Å². The van der Waals surface area contributed by atoms with Gasteiger partial charge >= 0.3 is 0 Å². The van der Waals surface area contributed by atoms with E-state index in [4.69, 9.17) is 0 Å². The first-order valence-corrected chi connectivity index (χ1v) is 5.99. The smallest absolute Gasteiger partial charge is 0.270 e. The van der Waals surface area contributed by atoms with Crippen LogP contribution in [-0.4, -0.2) is 47.6 Å². The van der Waals surface area contributed by atoms with Crippen LogP contribution in [0.15, 0.2) is 5.10 Å². The molecule has 0 aliphatic carbocycles. The number of hydrogen-bond acceptors (Lipinski definition) is 4. The van der Waals surface area contributed by atoms with Gasteiger partial charge in [0.05, 0.1) is 0 Å². The van der Waals surface area contributed by atoms with Gasteiger partial charge in [0.25, 0.3) is 5.91 Å². The summed E-state index contributed by atoms with van der Waals surface area (Å²) in [5.41, 5.74) is 2.83. The second kappa shape index (κ2) is 4.83. The second-order valence-electron chi connectivity index (χ2n) is 4.58. The lowest BCUT2D eigenvalue weighted by molar-refractivity contribution is -0.127. The average molecular weight is 238 g/mol. The van der Waals surface area contributed by atoms with Crippen LogP contribution in [0.1, 0.15) is 26.7 Å². The van der Waals surface area contributed by atoms with Crippen molar-refractivity contribution in [1.29, 1.82) is 0 Å². The van der Waals surface area contributed by atoms with Crippen molar-refractivity contribution < 1.29 is 9.59 Å². The van der Waals surface area contributed by atoms with Crippen LogP contribution in [-0.2, 0) is 9.59 Å². The Morgan fingerprint density at radius 2 is 2.18 bits per heavy atom. The molecule has 2 aliphatic rings. The standard InChI is InChI=1S/C11H18N4O2/c1-7-8(2)15(6-5-12-7)11(17)9-3-4-10(16)14-13-9/h7-8,12H,3-6H2,1-2H3,(H,14,16). The third-order valence-electron chi connectivity index (χ3n) is 3.45. The third-order valence-corrected chi connectivity index (χ3v) is 3.45. The Hall–Kier alpha value is -1.43. The lowest BCUT2D eigenvalue weighted by atomic mass is 10.0. The van der Waals surface area contributed by atoms with Crippen LogP contribution in [0.4, 0.5) is 0 Å². The number of rotatable bonds is 1. The molecule has 6 nitrogen and oxygen atoms in total. The number of hydrogen-bond donors (Lipinski definition) is 2. The zero-order valence-electron chi connectivity index (χ0n) is 10.2. The van der Waals surface area contributed by atoms with Gasteiger partial charge in [-0.3, -0.25) is 9.59 Å². The van der Waals surface area contributed by atoms with E-state index in [0.29, 0.717) is 25.1 Å². The van der Waals surface area contributed by atoms with Crippen LogP contribution in [0.3, 0.4) is 0 Å². The van der Waals surface area contributed by atoms with Gasteiger partial charge in [-0.05, 0) is 13.8 Å². The highest BCUT2D eigenvalue weighted by molar-refractivity contribution is 6.39. The molecule has 6 heteroatoms. The summed E-state index contributed by atoms with van der Waals surface area (Å²) in [4.78, 5) is 25.0. The van der Waals surface area contributed by atoms with Gasteiger partial charge in [-0.25, -0.2) is 5.43 Å². The Balaban J connectivity index is 2.06. The van der Waals surface area contributed by atoms with Gasteiger partial charge in [-0.2, -0.15) is 5.10 Å². The first kappa shape index (κ1) is 12.0. The first-order chi connectivity index (χ1) is 8.09. The molecular formula is C11H18N4O2. The SMILES string of the molecule is CC1NCCN(C(=O)C2=NNC(=O)CC2)C1C. The van der Waals surface area contributed by atoms with Crippen LogP contribution < -0.4 is 10.7 Å². The highest BCUT2D eigenvalue weighted by Crippen LogP contribution is 2.12. The Morgan fingerprint density at radius 3 is 2.82 bits per heavy atom. The molecule has 2 unspecified atom stereocenters. The number of carbonyl (C=O) groups excluding carboxylic acids is 2. The van der Waals surface area contributed by atoms with Gasteiger partial charge in [0.1, 0.15) is 5.71 Å². The summed E-state index contributed by atoms with van der Waals surface area (Å²) in [6.07, 6.45) is 0.788. The maximum Gasteiger partial charge on any atom is 0.270 e. The molecule has 2 amide bonds. The Bertz CT molecular complexity index is 366. The lowest BCUT2D eigenvalue weighted by Crippen LogP contribution is -2.58. The molecule has 0 aromatic rings. The van der Waals surface area contributed by atoms with E-state index in [1.807, 2.05) is 11.8 Å². The molecular weight excluding hydrogens is 220 g/mol. The highest BCUT2D eigenvalue weighted by Gasteiger charge is 2.31. The van der Waals surface area contributed by atoms with Crippen LogP contribution in [0, 0.1) is 0 Å². The molecule has 0 aromatic carbocycles. The maximum absolute atomic E-state index is 12.2. The second-order valence-corrected chi connectivity index (χ2v) is 4.58. The highest BCUT2D eigenvalue weighted by atomic mass is 16.2. The summed E-state index contributed by atoms with van der Waals surface area (Å²) in [5.74, 6) is -0.172. The van der Waals surface area contributed by atoms with Crippen molar-refractivity contribution >= 4 is 17.5 Å². The van der Waals surface area contributed by atoms with Gasteiger partial charge in [0.15, 0.2) is 0 Å². The van der Waals surface area contributed by atoms with Gasteiger partial charge in [0.2, 0.25) is 5.91 Å². The van der Waals surface area contributed by atoms with Crippen molar-refractivity contribution in [2.24, 2.45) is 5.10 Å². The minimum atomic E-state index is -0.122. The van der Waals surface area contributed by atoms with Crippen LogP contribution in [0.5, 0.6) is 0 Å². The van der Waals surface area contributed by atoms with Gasteiger partial charge < -0.3 is 10.2 Å². The van der Waals surface area contributed by atoms with Gasteiger partial charge in [-0.1, -0.05) is 0 Å². The van der Waals surface area contributed by atoms with Crippen molar-refractivity contribution in [2.75, 3.05) is 13.1 Å². The molecule has 2 rings (SSSR count). The predicted octanol–water partition coefficient (Wildman–Crippen LogP) is -0.539. The maximum atomic E-state index is 12.2. The molecule has 0 saturated carbocycles. The topological polar surface area (TPSA) is 73.8 Å². The summed E-state index contributed by atoms with van der Waals surface area (Å²) in [5, 5.41) is 7.17. The summed E-state index contributed by atoms with van der Waals surface area (Å²) < 4.78 is 0. The summed E-state index contributed by atoms with van der Waals surface area (Å²) in [6.45, 7) is 5.58. The van der Waals surface area contributed by atoms with E-state index < -0.39 is 0 Å². The number of piperazine rings is 1. The molecule has 0 spiro atoms. The van der Waals surface area contributed by atoms with Crippen molar-refractivity contribution in [3.8, 4) is 0 Å². The Kier molecular flexibility index (Phi) is 3.42. The predicted molar refractivity (Wildman–Crippen MR) is 63.5 cm³/mol. The lowest BCUT2D eigenvalue weighted by Gasteiger charge is -2.38. The van der Waals surface area contributed by atoms with E-state index in [1.165, 1.54) is 0 Å². The minimum absolute atomic E-state index is 0.0501. The minimum Gasteiger partial charge on any atom is -0.332 e. The molecule has 2 N–H and O–H groups in total. The molecule has 0 aromatic heterocycles. The van der Waals surface area contributed by atoms with Crippen molar-refractivity contribution in [2.45, 2.75) is 38.8 Å². The van der Waals surface area contributed by atoms with E-state index in [1.54, 1.807) is 0 Å². The van der Waals surface area contributed by atoms with E-state index >= 15 is 0 Å². The summed E-state index contributed by atoms with van der Waals surface area (Å²) in [7, 11) is 0. The zero-order valence-corrected chi connectivity index (χ0v) is 10.2. The molecule has 1 saturated heterocycles. The molecule has 2 aliphatic heterocycles. The normalized spacial score (nSPS) is 29.6. The summed E-state index contributed by atoms with van der Waals surface area (Å²) >= 11 is 0. The molecule has 1 fully saturated rings. The third kappa shape index (κ3) is 2.46. The largest absolute Gasteiger partial charge is 0.332 e.